The second kappa shape index (κ2) is 11.3. The Morgan fingerprint density at radius 2 is 0.808 bits per heavy atom. The highest BCUT2D eigenvalue weighted by Crippen LogP contribution is 2.53. The zero-order valence-corrected chi connectivity index (χ0v) is 28.8. The van der Waals surface area contributed by atoms with Crippen LogP contribution in [0.2, 0.25) is 0 Å². The third-order valence-corrected chi connectivity index (χ3v) is 11.1. The molecule has 0 aliphatic heterocycles. The van der Waals surface area contributed by atoms with Gasteiger partial charge in [-0.05, 0) is 172 Å². The predicted molar refractivity (Wildman–Crippen MR) is 216 cm³/mol. The smallest absolute Gasteiger partial charge is 0.0991 e. The first-order valence-corrected chi connectivity index (χ1v) is 17.6. The second-order valence-electron chi connectivity index (χ2n) is 14.0. The van der Waals surface area contributed by atoms with Gasteiger partial charge >= 0.3 is 0 Å². The fourth-order valence-electron chi connectivity index (χ4n) is 8.73. The van der Waals surface area contributed by atoms with Crippen molar-refractivity contribution < 1.29 is 0 Å². The van der Waals surface area contributed by atoms with E-state index in [2.05, 4.69) is 147 Å². The molecule has 9 aromatic rings. The number of aryl methyl sites for hydroxylation is 2. The summed E-state index contributed by atoms with van der Waals surface area (Å²) >= 11 is 0. The molecular weight excluding hydrogens is 629 g/mol. The van der Waals surface area contributed by atoms with Crippen molar-refractivity contribution in [3.05, 3.63) is 168 Å². The summed E-state index contributed by atoms with van der Waals surface area (Å²) in [6, 6.07) is 56.9. The number of hydrogen-bond acceptors (Lipinski definition) is 2. The molecule has 2 nitrogen and oxygen atoms in total. The van der Waals surface area contributed by atoms with E-state index in [1.165, 1.54) is 76.5 Å². The molecule has 240 valence electrons. The molecule has 0 radical (unpaired) electrons. The van der Waals surface area contributed by atoms with Crippen LogP contribution < -0.4 is 0 Å². The molecular formula is C50H30N2. The molecule has 0 fully saturated rings. The van der Waals surface area contributed by atoms with Gasteiger partial charge in [0, 0.05) is 0 Å². The van der Waals surface area contributed by atoms with Crippen molar-refractivity contribution in [2.24, 2.45) is 0 Å². The van der Waals surface area contributed by atoms with E-state index in [0.717, 1.165) is 33.4 Å². The van der Waals surface area contributed by atoms with Crippen molar-refractivity contribution in [3.8, 4) is 67.8 Å². The lowest BCUT2D eigenvalue weighted by Crippen LogP contribution is -1.93. The first-order chi connectivity index (χ1) is 25.5. The van der Waals surface area contributed by atoms with E-state index >= 15 is 0 Å². The summed E-state index contributed by atoms with van der Waals surface area (Å²) in [7, 11) is 0. The lowest BCUT2D eigenvalue weighted by Gasteiger charge is -2.19. The number of benzene rings is 9. The largest absolute Gasteiger partial charge is 0.192 e. The van der Waals surface area contributed by atoms with Crippen LogP contribution in [0, 0.1) is 36.5 Å². The molecule has 10 rings (SSSR count). The van der Waals surface area contributed by atoms with Crippen molar-refractivity contribution in [3.63, 3.8) is 0 Å². The van der Waals surface area contributed by atoms with Crippen molar-refractivity contribution in [1.29, 1.82) is 10.5 Å². The number of nitrogens with zero attached hydrogens (tertiary/aromatic N) is 2. The number of fused-ring (bicyclic) bond motifs is 8. The number of hydrogen-bond donors (Lipinski definition) is 0. The summed E-state index contributed by atoms with van der Waals surface area (Å²) in [5, 5.41) is 29.0. The first-order valence-electron chi connectivity index (χ1n) is 17.6. The quantitative estimate of drug-likeness (QED) is 0.177. The van der Waals surface area contributed by atoms with Gasteiger partial charge in [-0.25, -0.2) is 0 Å². The van der Waals surface area contributed by atoms with Gasteiger partial charge in [0.1, 0.15) is 0 Å². The van der Waals surface area contributed by atoms with Crippen LogP contribution in [0.3, 0.4) is 0 Å². The maximum atomic E-state index is 9.71. The summed E-state index contributed by atoms with van der Waals surface area (Å²) in [5.74, 6) is 0. The zero-order chi connectivity index (χ0) is 35.1. The molecule has 0 bridgehead atoms. The molecule has 52 heavy (non-hydrogen) atoms. The summed E-state index contributed by atoms with van der Waals surface area (Å²) in [4.78, 5) is 0. The standard InChI is InChI=1S/C50H30N2/c1-29-21-31(27-51)15-17-34(29)42-23-48-44(38-12-7-6-11-37(38)42)24-43(35-18-16-32(28-52)22-30(35)2)47-26-46-41-20-19-36(33-9-4-3-5-10-33)39-13-8-14-40(50(39)41)45(46)25-49(47)48/h3-26H,1-2H3. The fourth-order valence-corrected chi connectivity index (χ4v) is 8.73. The van der Waals surface area contributed by atoms with Gasteiger partial charge in [-0.15, -0.1) is 0 Å². The van der Waals surface area contributed by atoms with Gasteiger partial charge in [0.15, 0.2) is 0 Å². The van der Waals surface area contributed by atoms with E-state index in [0.29, 0.717) is 11.1 Å². The van der Waals surface area contributed by atoms with Crippen LogP contribution in [-0.2, 0) is 0 Å². The molecule has 0 spiro atoms. The molecule has 1 aliphatic carbocycles. The Kier molecular flexibility index (Phi) is 6.47. The van der Waals surface area contributed by atoms with Gasteiger partial charge in [-0.1, -0.05) is 97.1 Å². The number of nitriles is 2. The second-order valence-corrected chi connectivity index (χ2v) is 14.0. The highest BCUT2D eigenvalue weighted by Gasteiger charge is 2.26. The van der Waals surface area contributed by atoms with Gasteiger partial charge < -0.3 is 0 Å². The van der Waals surface area contributed by atoms with Gasteiger partial charge in [-0.3, -0.25) is 0 Å². The van der Waals surface area contributed by atoms with Crippen LogP contribution in [0.4, 0.5) is 0 Å². The normalized spacial score (nSPS) is 11.6. The van der Waals surface area contributed by atoms with Crippen LogP contribution in [-0.4, -0.2) is 0 Å². The van der Waals surface area contributed by atoms with Crippen LogP contribution >= 0.6 is 0 Å². The Morgan fingerprint density at radius 1 is 0.327 bits per heavy atom. The number of rotatable bonds is 3. The fraction of sp³-hybridized carbons (Fsp3) is 0.0400. The Morgan fingerprint density at radius 3 is 1.46 bits per heavy atom. The van der Waals surface area contributed by atoms with Crippen molar-refractivity contribution >= 4 is 43.1 Å². The molecule has 0 atom stereocenters. The minimum atomic E-state index is 0.663. The van der Waals surface area contributed by atoms with E-state index < -0.39 is 0 Å². The lowest BCUT2D eigenvalue weighted by atomic mass is 9.84. The molecule has 0 aromatic heterocycles. The first kappa shape index (κ1) is 29.9. The molecule has 0 saturated carbocycles. The SMILES string of the molecule is Cc1cc(C#N)ccc1-c1cc2c3cc4c(cc3c(-c3ccc(C#N)cc3C)cc2c2ccccc12)-c1ccc(-c2ccccc2)c2cccc-4c12. The van der Waals surface area contributed by atoms with E-state index in [4.69, 9.17) is 0 Å². The molecule has 0 amide bonds. The van der Waals surface area contributed by atoms with E-state index in [1.54, 1.807) is 0 Å². The minimum Gasteiger partial charge on any atom is -0.192 e. The van der Waals surface area contributed by atoms with Crippen LogP contribution in [0.1, 0.15) is 22.3 Å². The topological polar surface area (TPSA) is 47.6 Å². The van der Waals surface area contributed by atoms with Crippen molar-refractivity contribution in [2.45, 2.75) is 13.8 Å². The average molecular weight is 659 g/mol. The summed E-state index contributed by atoms with van der Waals surface area (Å²) < 4.78 is 0. The molecule has 2 heteroatoms. The van der Waals surface area contributed by atoms with E-state index in [1.807, 2.05) is 24.3 Å². The summed E-state index contributed by atoms with van der Waals surface area (Å²) in [6.07, 6.45) is 0. The van der Waals surface area contributed by atoms with Gasteiger partial charge in [0.2, 0.25) is 0 Å². The maximum Gasteiger partial charge on any atom is 0.0991 e. The molecule has 0 N–H and O–H groups in total. The Bertz CT molecular complexity index is 3100. The third-order valence-electron chi connectivity index (χ3n) is 11.1. The molecule has 0 heterocycles. The Hall–Kier alpha value is -7.00. The molecule has 1 aliphatic rings. The Balaban J connectivity index is 1.34. The van der Waals surface area contributed by atoms with Crippen LogP contribution in [0.15, 0.2) is 146 Å². The van der Waals surface area contributed by atoms with Crippen molar-refractivity contribution in [2.75, 3.05) is 0 Å². The highest BCUT2D eigenvalue weighted by molar-refractivity contribution is 6.27. The molecule has 0 saturated heterocycles. The zero-order valence-electron chi connectivity index (χ0n) is 28.8. The van der Waals surface area contributed by atoms with Crippen molar-refractivity contribution in [1.82, 2.24) is 0 Å². The summed E-state index contributed by atoms with van der Waals surface area (Å²) in [6.45, 7) is 4.20. The van der Waals surface area contributed by atoms with Gasteiger partial charge in [0.25, 0.3) is 0 Å². The van der Waals surface area contributed by atoms with Crippen LogP contribution in [0.5, 0.6) is 0 Å². The highest BCUT2D eigenvalue weighted by atomic mass is 14.3. The average Bonchev–Trinajstić information content (AvgIpc) is 3.50. The Labute approximate surface area is 302 Å². The minimum absolute atomic E-state index is 0.663. The monoisotopic (exact) mass is 658 g/mol. The summed E-state index contributed by atoms with van der Waals surface area (Å²) in [5.41, 5.74) is 15.5. The maximum absolute atomic E-state index is 9.71. The van der Waals surface area contributed by atoms with E-state index in [9.17, 15) is 10.5 Å². The van der Waals surface area contributed by atoms with Gasteiger partial charge in [0.05, 0.1) is 23.3 Å². The van der Waals surface area contributed by atoms with Gasteiger partial charge in [-0.2, -0.15) is 10.5 Å². The third kappa shape index (κ3) is 4.29. The molecule has 0 unspecified atom stereocenters. The molecule has 9 aromatic carbocycles. The van der Waals surface area contributed by atoms with Crippen LogP contribution in [0.25, 0.3) is 98.7 Å². The van der Waals surface area contributed by atoms with E-state index in [-0.39, 0.29) is 0 Å². The lowest BCUT2D eigenvalue weighted by molar-refractivity contribution is 1.42. The predicted octanol–water partition coefficient (Wildman–Crippen LogP) is 13.3.